The first kappa shape index (κ1) is 5.65. The van der Waals surface area contributed by atoms with E-state index in [0.717, 1.165) is 19.6 Å². The van der Waals surface area contributed by atoms with Gasteiger partial charge in [0.25, 0.3) is 0 Å². The Morgan fingerprint density at radius 1 is 1.44 bits per heavy atom. The molecule has 2 heterocycles. The molecule has 0 aliphatic carbocycles. The van der Waals surface area contributed by atoms with Crippen molar-refractivity contribution in [1.82, 2.24) is 0 Å². The van der Waals surface area contributed by atoms with Gasteiger partial charge in [0.1, 0.15) is 6.61 Å². The number of rotatable bonds is 3. The van der Waals surface area contributed by atoms with Crippen molar-refractivity contribution >= 4 is 0 Å². The van der Waals surface area contributed by atoms with Crippen molar-refractivity contribution in [2.45, 2.75) is 18.8 Å². The molecule has 2 fully saturated rings. The van der Waals surface area contributed by atoms with E-state index in [0.29, 0.717) is 12.7 Å². The highest BCUT2D eigenvalue weighted by Crippen LogP contribution is 2.15. The molecule has 0 spiro atoms. The van der Waals surface area contributed by atoms with Crippen LogP contribution in [0.25, 0.3) is 0 Å². The fourth-order valence-electron chi connectivity index (χ4n) is 0.766. The first-order valence-electron chi connectivity index (χ1n) is 3.30. The Bertz CT molecular complexity index is 96.5. The molecule has 0 aromatic carbocycles. The standard InChI is InChI=1S/C6H10O3/c1-2-7-5(1)3-8-6-4-9-6/h5-6H,1-4H2. The number of hydrogen-bond donors (Lipinski definition) is 0. The monoisotopic (exact) mass is 130 g/mol. The lowest BCUT2D eigenvalue weighted by Gasteiger charge is -2.25. The van der Waals surface area contributed by atoms with Gasteiger partial charge in [-0.15, -0.1) is 0 Å². The normalized spacial score (nSPS) is 40.0. The molecule has 0 N–H and O–H groups in total. The lowest BCUT2D eigenvalue weighted by molar-refractivity contribution is -0.107. The molecule has 0 radical (unpaired) electrons. The Labute approximate surface area is 53.9 Å². The molecule has 2 aliphatic heterocycles. The SMILES string of the molecule is C1CC(COC2CO2)O1. The summed E-state index contributed by atoms with van der Waals surface area (Å²) < 4.78 is 15.2. The molecule has 9 heavy (non-hydrogen) atoms. The van der Waals surface area contributed by atoms with Gasteiger partial charge in [-0.25, -0.2) is 0 Å². The molecule has 2 unspecified atom stereocenters. The van der Waals surface area contributed by atoms with E-state index in [2.05, 4.69) is 0 Å². The Balaban J connectivity index is 1.55. The van der Waals surface area contributed by atoms with Gasteiger partial charge in [0.05, 0.1) is 12.7 Å². The van der Waals surface area contributed by atoms with E-state index in [-0.39, 0.29) is 6.29 Å². The van der Waals surface area contributed by atoms with E-state index in [9.17, 15) is 0 Å². The van der Waals surface area contributed by atoms with Crippen molar-refractivity contribution in [1.29, 1.82) is 0 Å². The van der Waals surface area contributed by atoms with Crippen LogP contribution in [0.1, 0.15) is 6.42 Å². The van der Waals surface area contributed by atoms with Gasteiger partial charge in [-0.1, -0.05) is 0 Å². The van der Waals surface area contributed by atoms with Crippen LogP contribution in [-0.4, -0.2) is 32.2 Å². The smallest absolute Gasteiger partial charge is 0.181 e. The van der Waals surface area contributed by atoms with Gasteiger partial charge in [0.2, 0.25) is 0 Å². The topological polar surface area (TPSA) is 31.0 Å². The minimum atomic E-state index is 0.0919. The minimum absolute atomic E-state index is 0.0919. The van der Waals surface area contributed by atoms with Gasteiger partial charge in [-0.2, -0.15) is 0 Å². The van der Waals surface area contributed by atoms with Crippen LogP contribution in [0.15, 0.2) is 0 Å². The van der Waals surface area contributed by atoms with E-state index in [1.54, 1.807) is 0 Å². The predicted octanol–water partition coefficient (Wildman–Crippen LogP) is 0.148. The molecule has 3 heteroatoms. The van der Waals surface area contributed by atoms with Gasteiger partial charge in [-0.05, 0) is 6.42 Å². The lowest BCUT2D eigenvalue weighted by Crippen LogP contribution is -2.31. The maximum absolute atomic E-state index is 5.21. The van der Waals surface area contributed by atoms with Gasteiger partial charge < -0.3 is 14.2 Å². The Morgan fingerprint density at radius 3 is 2.67 bits per heavy atom. The summed E-state index contributed by atoms with van der Waals surface area (Å²) in [5, 5.41) is 0. The largest absolute Gasteiger partial charge is 0.376 e. The number of epoxide rings is 1. The van der Waals surface area contributed by atoms with Crippen LogP contribution in [-0.2, 0) is 14.2 Å². The van der Waals surface area contributed by atoms with Crippen molar-refractivity contribution in [3.63, 3.8) is 0 Å². The van der Waals surface area contributed by atoms with Crippen LogP contribution in [0.2, 0.25) is 0 Å². The van der Waals surface area contributed by atoms with Gasteiger partial charge in [-0.3, -0.25) is 0 Å². The zero-order valence-corrected chi connectivity index (χ0v) is 5.21. The van der Waals surface area contributed by atoms with Crippen LogP contribution >= 0.6 is 0 Å². The molecular weight excluding hydrogens is 120 g/mol. The average Bonchev–Trinajstić information content (AvgIpc) is 2.44. The Kier molecular flexibility index (Phi) is 1.41. The summed E-state index contributed by atoms with van der Waals surface area (Å²) in [4.78, 5) is 0. The second kappa shape index (κ2) is 2.25. The molecule has 52 valence electrons. The van der Waals surface area contributed by atoms with Crippen LogP contribution in [0.5, 0.6) is 0 Å². The summed E-state index contributed by atoms with van der Waals surface area (Å²) >= 11 is 0. The number of ether oxygens (including phenoxy) is 3. The van der Waals surface area contributed by atoms with Crippen molar-refractivity contribution in [2.24, 2.45) is 0 Å². The zero-order valence-electron chi connectivity index (χ0n) is 5.21. The first-order valence-corrected chi connectivity index (χ1v) is 3.30. The summed E-state index contributed by atoms with van der Waals surface area (Å²) in [7, 11) is 0. The fourth-order valence-corrected chi connectivity index (χ4v) is 0.766. The molecular formula is C6H10O3. The van der Waals surface area contributed by atoms with E-state index in [4.69, 9.17) is 14.2 Å². The summed E-state index contributed by atoms with van der Waals surface area (Å²) in [5.74, 6) is 0. The summed E-state index contributed by atoms with van der Waals surface area (Å²) in [6, 6.07) is 0. The quantitative estimate of drug-likeness (QED) is 0.509. The van der Waals surface area contributed by atoms with Crippen molar-refractivity contribution in [3.8, 4) is 0 Å². The summed E-state index contributed by atoms with van der Waals surface area (Å²) in [5.41, 5.74) is 0. The Morgan fingerprint density at radius 2 is 2.22 bits per heavy atom. The van der Waals surface area contributed by atoms with Crippen molar-refractivity contribution in [2.75, 3.05) is 19.8 Å². The van der Waals surface area contributed by atoms with Gasteiger partial charge in [0, 0.05) is 6.61 Å². The minimum Gasteiger partial charge on any atom is -0.376 e. The zero-order chi connectivity index (χ0) is 6.10. The van der Waals surface area contributed by atoms with Gasteiger partial charge in [0.15, 0.2) is 6.29 Å². The fraction of sp³-hybridized carbons (Fsp3) is 1.00. The third-order valence-corrected chi connectivity index (χ3v) is 1.56. The highest BCUT2D eigenvalue weighted by molar-refractivity contribution is 4.66. The molecule has 0 aromatic heterocycles. The summed E-state index contributed by atoms with van der Waals surface area (Å²) in [6.45, 7) is 2.39. The maximum atomic E-state index is 5.21. The van der Waals surface area contributed by atoms with Crippen LogP contribution in [0.3, 0.4) is 0 Å². The first-order chi connectivity index (χ1) is 4.45. The molecule has 0 amide bonds. The second-order valence-electron chi connectivity index (χ2n) is 2.38. The van der Waals surface area contributed by atoms with Gasteiger partial charge >= 0.3 is 0 Å². The van der Waals surface area contributed by atoms with E-state index in [1.807, 2.05) is 0 Å². The molecule has 0 saturated carbocycles. The summed E-state index contributed by atoms with van der Waals surface area (Å²) in [6.07, 6.45) is 1.59. The third-order valence-electron chi connectivity index (χ3n) is 1.56. The Hall–Kier alpha value is -0.120. The van der Waals surface area contributed by atoms with E-state index < -0.39 is 0 Å². The predicted molar refractivity (Wildman–Crippen MR) is 30.0 cm³/mol. The second-order valence-corrected chi connectivity index (χ2v) is 2.38. The van der Waals surface area contributed by atoms with E-state index in [1.165, 1.54) is 0 Å². The molecule has 2 aliphatic rings. The highest BCUT2D eigenvalue weighted by atomic mass is 16.8. The highest BCUT2D eigenvalue weighted by Gasteiger charge is 2.26. The van der Waals surface area contributed by atoms with E-state index >= 15 is 0 Å². The lowest BCUT2D eigenvalue weighted by atomic mass is 10.2. The molecule has 0 aromatic rings. The molecule has 2 rings (SSSR count). The maximum Gasteiger partial charge on any atom is 0.181 e. The molecule has 2 atom stereocenters. The third kappa shape index (κ3) is 1.41. The van der Waals surface area contributed by atoms with Crippen molar-refractivity contribution < 1.29 is 14.2 Å². The molecule has 3 nitrogen and oxygen atoms in total. The number of hydrogen-bond acceptors (Lipinski definition) is 3. The van der Waals surface area contributed by atoms with Crippen LogP contribution in [0, 0.1) is 0 Å². The van der Waals surface area contributed by atoms with Crippen molar-refractivity contribution in [3.05, 3.63) is 0 Å². The molecule has 2 saturated heterocycles. The van der Waals surface area contributed by atoms with Crippen LogP contribution in [0.4, 0.5) is 0 Å². The van der Waals surface area contributed by atoms with Crippen LogP contribution < -0.4 is 0 Å². The molecule has 0 bridgehead atoms. The average molecular weight is 130 g/mol.